The second kappa shape index (κ2) is 15.0. The molecule has 0 nitrogen and oxygen atoms in total. The Bertz CT molecular complexity index is 253. The minimum Gasteiger partial charge on any atom is -0.418 e. The van der Waals surface area contributed by atoms with Crippen LogP contribution in [0.4, 0.5) is 51.8 Å². The molecule has 1 fully saturated rings. The van der Waals surface area contributed by atoms with Gasteiger partial charge in [0.25, 0.3) is 0 Å². The summed E-state index contributed by atoms with van der Waals surface area (Å²) < 4.78 is 118. The summed E-state index contributed by atoms with van der Waals surface area (Å²) in [5.41, 5.74) is 0. The van der Waals surface area contributed by atoms with Crippen molar-refractivity contribution < 1.29 is 51.8 Å². The van der Waals surface area contributed by atoms with E-state index in [4.69, 9.17) is 0 Å². The minimum atomic E-state index is -6.00. The van der Waals surface area contributed by atoms with E-state index >= 15 is 0 Å². The van der Waals surface area contributed by atoms with Crippen molar-refractivity contribution in [3.63, 3.8) is 0 Å². The predicted octanol–water partition coefficient (Wildman–Crippen LogP) is 6.83. The van der Waals surface area contributed by atoms with Crippen molar-refractivity contribution in [3.05, 3.63) is 0 Å². The van der Waals surface area contributed by atoms with Crippen molar-refractivity contribution in [2.45, 2.75) is 45.5 Å². The molecule has 0 bridgehead atoms. The molecule has 1 rings (SSSR count). The minimum absolute atomic E-state index is 1.09. The van der Waals surface area contributed by atoms with Crippen LogP contribution in [-0.2, 0) is 0 Å². The van der Waals surface area contributed by atoms with Gasteiger partial charge in [0.05, 0.1) is 0 Å². The quantitative estimate of drug-likeness (QED) is 0.336. The molecule has 0 N–H and O–H groups in total. The third-order valence-corrected chi connectivity index (χ3v) is 5.85. The normalized spacial score (nSPS) is 17.1. The van der Waals surface area contributed by atoms with Crippen molar-refractivity contribution in [1.29, 1.82) is 0 Å². The topological polar surface area (TPSA) is 0 Å². The Morgan fingerprint density at radius 3 is 1.12 bits per heavy atom. The van der Waals surface area contributed by atoms with Gasteiger partial charge in [-0.2, -0.15) is 0 Å². The monoisotopic (exact) mass is 425 g/mol. The van der Waals surface area contributed by atoms with E-state index < -0.39 is 21.8 Å². The fourth-order valence-electron chi connectivity index (χ4n) is 2.04. The molecule has 1 saturated carbocycles. The molecule has 25 heavy (non-hydrogen) atoms. The molecule has 1 atom stereocenters. The number of rotatable bonds is 2. The number of hydrogen-bond donors (Lipinski definition) is 0. The Morgan fingerprint density at radius 1 is 0.680 bits per heavy atom. The van der Waals surface area contributed by atoms with Crippen molar-refractivity contribution in [2.24, 2.45) is 5.92 Å². The fourth-order valence-corrected chi connectivity index (χ4v) is 3.08. The van der Waals surface area contributed by atoms with Crippen molar-refractivity contribution in [1.82, 2.24) is 0 Å². The molecule has 0 aromatic rings. The maximum absolute atomic E-state index is 9.75. The summed E-state index contributed by atoms with van der Waals surface area (Å²) in [6, 6.07) is 0. The van der Waals surface area contributed by atoms with Gasteiger partial charge in [-0.1, -0.05) is 0 Å². The first-order chi connectivity index (χ1) is 10.8. The molecule has 1 unspecified atom stereocenters. The second-order valence-corrected chi connectivity index (χ2v) is 7.58. The third kappa shape index (κ3) is 58.8. The maximum atomic E-state index is 9.75. The van der Waals surface area contributed by atoms with E-state index in [-0.39, 0.29) is 0 Å². The Morgan fingerprint density at radius 2 is 0.920 bits per heavy atom. The molecule has 16 heteroatoms. The third-order valence-electron chi connectivity index (χ3n) is 3.10. The predicted molar refractivity (Wildman–Crippen MR) is 76.9 cm³/mol. The van der Waals surface area contributed by atoms with Crippen LogP contribution in [0, 0.1) is 5.92 Å². The standard InChI is InChI=1S/C9H17.3BF4.K/c1-2-6-9-7-4-3-5-8-9;3*2-1(3,4)5;/h6,9H,2-5,7-8H2,1H3;;;;/q;3*-1;. The molecule has 0 heterocycles. The molecular weight excluding hydrogens is 408 g/mol. The summed E-state index contributed by atoms with van der Waals surface area (Å²) in [6.45, 7) is 2.37. The molecule has 1 aliphatic rings. The van der Waals surface area contributed by atoms with Gasteiger partial charge in [-0.3, -0.25) is 0 Å². The van der Waals surface area contributed by atoms with Gasteiger partial charge in [0.15, 0.2) is 0 Å². The van der Waals surface area contributed by atoms with Crippen LogP contribution in [0.5, 0.6) is 0 Å². The Hall–Kier alpha value is 0.991. The molecule has 0 amide bonds. The summed E-state index contributed by atoms with van der Waals surface area (Å²) in [5, 5.41) is 0. The fraction of sp³-hybridized carbons (Fsp3) is 1.00. The van der Waals surface area contributed by atoms with Crippen LogP contribution < -0.4 is 0 Å². The van der Waals surface area contributed by atoms with E-state index in [1.807, 2.05) is 0 Å². The van der Waals surface area contributed by atoms with Crippen LogP contribution in [0.25, 0.3) is 0 Å². The van der Waals surface area contributed by atoms with Crippen molar-refractivity contribution in [3.8, 4) is 0 Å². The summed E-state index contributed by atoms with van der Waals surface area (Å²) in [4.78, 5) is 0. The van der Waals surface area contributed by atoms with Crippen LogP contribution in [-0.4, -0.2) is 70.7 Å². The summed E-state index contributed by atoms with van der Waals surface area (Å²) >= 11 is 1.09. The molecule has 0 aromatic heterocycles. The van der Waals surface area contributed by atoms with Gasteiger partial charge < -0.3 is 51.8 Å². The molecular formula is C9H17B3F12K-3. The van der Waals surface area contributed by atoms with Gasteiger partial charge in [-0.15, -0.1) is 0 Å². The molecule has 1 aliphatic carbocycles. The van der Waals surface area contributed by atoms with E-state index in [1.165, 1.54) is 25.7 Å². The smallest absolute Gasteiger partial charge is 0.418 e. The summed E-state index contributed by atoms with van der Waals surface area (Å²) in [5.74, 6) is 1.15. The summed E-state index contributed by atoms with van der Waals surface area (Å²) in [7, 11) is -18.0. The van der Waals surface area contributed by atoms with Crippen molar-refractivity contribution in [2.75, 3.05) is 0 Å². The molecule has 0 saturated heterocycles. The van der Waals surface area contributed by atoms with Crippen LogP contribution >= 0.6 is 0 Å². The van der Waals surface area contributed by atoms with Crippen LogP contribution in [0.3, 0.4) is 0 Å². The zero-order valence-corrected chi connectivity index (χ0v) is 16.8. The van der Waals surface area contributed by atoms with Crippen LogP contribution in [0.15, 0.2) is 0 Å². The van der Waals surface area contributed by atoms with E-state index in [0.717, 1.165) is 54.9 Å². The van der Waals surface area contributed by atoms with E-state index in [2.05, 4.69) is 6.92 Å². The van der Waals surface area contributed by atoms with E-state index in [1.54, 1.807) is 12.8 Å². The van der Waals surface area contributed by atoms with Gasteiger partial charge in [0, 0.05) is 0 Å². The molecule has 0 aromatic carbocycles. The van der Waals surface area contributed by atoms with Crippen LogP contribution in [0.2, 0.25) is 0.0125 Å². The summed E-state index contributed by atoms with van der Waals surface area (Å²) in [6.07, 6.45) is 9.14. The average molecular weight is 425 g/mol. The molecule has 0 spiro atoms. The Balaban J connectivity index is -0.000000279. The number of halogens is 12. The first-order valence-corrected chi connectivity index (χ1v) is 9.26. The second-order valence-electron chi connectivity index (χ2n) is 5.27. The van der Waals surface area contributed by atoms with E-state index in [0.29, 0.717) is 0 Å². The Labute approximate surface area is 172 Å². The van der Waals surface area contributed by atoms with Crippen molar-refractivity contribution >= 4 is 70.7 Å². The van der Waals surface area contributed by atoms with Gasteiger partial charge >= 0.3 is 122 Å². The zero-order chi connectivity index (χ0) is 20.9. The van der Waals surface area contributed by atoms with Gasteiger partial charge in [-0.25, -0.2) is 0 Å². The zero-order valence-electron chi connectivity index (χ0n) is 13.7. The number of hydrogen-bond acceptors (Lipinski definition) is 0. The van der Waals surface area contributed by atoms with Crippen LogP contribution in [0.1, 0.15) is 45.4 Å². The largest absolute Gasteiger partial charge is 0.673 e. The van der Waals surface area contributed by atoms with Gasteiger partial charge in [-0.05, 0) is 0 Å². The first kappa shape index (κ1) is 30.7. The maximum Gasteiger partial charge on any atom is 0.673 e. The van der Waals surface area contributed by atoms with E-state index in [9.17, 15) is 51.8 Å². The SMILES string of the molecule is CC[CH]([K])C1CCCCC1.F[B-](F)(F)F.F[B-](F)(F)F.F[B-](F)(F)F. The molecule has 0 radical (unpaired) electrons. The molecule has 150 valence electrons. The van der Waals surface area contributed by atoms with Gasteiger partial charge in [0.1, 0.15) is 0 Å². The first-order valence-electron chi connectivity index (χ1n) is 7.46. The molecule has 0 aliphatic heterocycles. The average Bonchev–Trinajstić information content (AvgIpc) is 2.33. The van der Waals surface area contributed by atoms with Gasteiger partial charge in [0.2, 0.25) is 0 Å². The Kier molecular flexibility index (Phi) is 18.4.